The van der Waals surface area contributed by atoms with E-state index in [4.69, 9.17) is 13.7 Å². The van der Waals surface area contributed by atoms with Crippen LogP contribution in [0.15, 0.2) is 44.4 Å². The first-order valence-corrected chi connectivity index (χ1v) is 10.3. The molecule has 10 nitrogen and oxygen atoms in total. The molecule has 0 bridgehead atoms. The number of sulfonamides is 1. The Hall–Kier alpha value is -3.05. The van der Waals surface area contributed by atoms with Crippen LogP contribution < -0.4 is 0 Å². The van der Waals surface area contributed by atoms with E-state index in [1.54, 1.807) is 37.3 Å². The molecule has 1 aromatic carbocycles. The normalized spacial score (nSPS) is 17.5. The maximum atomic E-state index is 13.2. The highest BCUT2D eigenvalue weighted by Gasteiger charge is 2.41. The fourth-order valence-corrected chi connectivity index (χ4v) is 4.67. The first-order chi connectivity index (χ1) is 13.9. The minimum atomic E-state index is -4.13. The molecule has 29 heavy (non-hydrogen) atoms. The van der Waals surface area contributed by atoms with Crippen LogP contribution in [-0.2, 0) is 14.8 Å². The summed E-state index contributed by atoms with van der Waals surface area (Å²) >= 11 is 0. The molecule has 1 aliphatic heterocycles. The highest BCUT2D eigenvalue weighted by molar-refractivity contribution is 7.89. The van der Waals surface area contributed by atoms with E-state index in [1.807, 2.05) is 0 Å². The highest BCUT2D eigenvalue weighted by atomic mass is 32.2. The third-order valence-electron chi connectivity index (χ3n) is 4.61. The Kier molecular flexibility index (Phi) is 4.92. The largest absolute Gasteiger partial charge is 0.464 e. The predicted molar refractivity (Wildman–Crippen MR) is 98.4 cm³/mol. The SMILES string of the molecule is COC(=O)c1nc(-c2ccccc2)oc1S(=O)(=O)N1CCC(c2nc(C)no2)C1. The van der Waals surface area contributed by atoms with Crippen LogP contribution in [0.5, 0.6) is 0 Å². The molecule has 0 saturated carbocycles. The highest BCUT2D eigenvalue weighted by Crippen LogP contribution is 2.33. The van der Waals surface area contributed by atoms with Crippen molar-refractivity contribution in [2.75, 3.05) is 20.2 Å². The molecule has 1 atom stereocenters. The Labute approximate surface area is 166 Å². The summed E-state index contributed by atoms with van der Waals surface area (Å²) in [5.41, 5.74) is 0.156. The van der Waals surface area contributed by atoms with Crippen LogP contribution in [0.1, 0.15) is 34.5 Å². The number of rotatable bonds is 5. The summed E-state index contributed by atoms with van der Waals surface area (Å²) in [5.74, 6) is -0.234. The van der Waals surface area contributed by atoms with Crippen molar-refractivity contribution < 1.29 is 26.9 Å². The molecule has 0 aliphatic carbocycles. The van der Waals surface area contributed by atoms with Gasteiger partial charge in [-0.05, 0) is 25.5 Å². The van der Waals surface area contributed by atoms with Crippen LogP contribution in [0, 0.1) is 6.92 Å². The number of aryl methyl sites for hydroxylation is 1. The smallest absolute Gasteiger partial charge is 0.361 e. The molecule has 3 heterocycles. The van der Waals surface area contributed by atoms with Crippen LogP contribution >= 0.6 is 0 Å². The number of esters is 1. The van der Waals surface area contributed by atoms with Gasteiger partial charge in [0, 0.05) is 18.7 Å². The average molecular weight is 418 g/mol. The minimum Gasteiger partial charge on any atom is -0.464 e. The number of nitrogens with zero attached hydrogens (tertiary/aromatic N) is 4. The van der Waals surface area contributed by atoms with Crippen molar-refractivity contribution in [3.63, 3.8) is 0 Å². The Balaban J connectivity index is 1.69. The zero-order valence-electron chi connectivity index (χ0n) is 15.7. The van der Waals surface area contributed by atoms with Gasteiger partial charge in [0.2, 0.25) is 17.5 Å². The summed E-state index contributed by atoms with van der Waals surface area (Å²) in [6.45, 7) is 2.04. The second-order valence-corrected chi connectivity index (χ2v) is 8.38. The molecule has 3 aromatic rings. The molecule has 1 unspecified atom stereocenters. The fourth-order valence-electron chi connectivity index (χ4n) is 3.16. The zero-order chi connectivity index (χ0) is 20.6. The lowest BCUT2D eigenvalue weighted by Gasteiger charge is -2.14. The standard InChI is InChI=1S/C18H18N4O6S/c1-11-19-16(28-21-11)13-8-9-22(10-13)29(24,25)18-14(17(23)26-2)20-15(27-18)12-6-4-3-5-7-12/h3-7,13H,8-10H2,1-2H3. The van der Waals surface area contributed by atoms with Crippen molar-refractivity contribution in [2.45, 2.75) is 24.4 Å². The Morgan fingerprint density at radius 2 is 2.00 bits per heavy atom. The van der Waals surface area contributed by atoms with E-state index in [-0.39, 0.29) is 30.6 Å². The Bertz CT molecular complexity index is 1140. The van der Waals surface area contributed by atoms with Gasteiger partial charge in [0.1, 0.15) is 0 Å². The summed E-state index contributed by atoms with van der Waals surface area (Å²) in [6.07, 6.45) is 0.508. The number of aromatic nitrogens is 3. The van der Waals surface area contributed by atoms with Gasteiger partial charge in [-0.25, -0.2) is 18.2 Å². The molecule has 0 spiro atoms. The Morgan fingerprint density at radius 1 is 1.24 bits per heavy atom. The number of hydrogen-bond acceptors (Lipinski definition) is 9. The minimum absolute atomic E-state index is 0.0212. The van der Waals surface area contributed by atoms with Crippen molar-refractivity contribution in [1.29, 1.82) is 0 Å². The van der Waals surface area contributed by atoms with Gasteiger partial charge in [0.15, 0.2) is 5.82 Å². The molecule has 0 N–H and O–H groups in total. The molecule has 1 saturated heterocycles. The van der Waals surface area contributed by atoms with Gasteiger partial charge in [-0.2, -0.15) is 9.29 Å². The quantitative estimate of drug-likeness (QED) is 0.571. The summed E-state index contributed by atoms with van der Waals surface area (Å²) in [7, 11) is -2.98. The molecular formula is C18H18N4O6S. The third kappa shape index (κ3) is 3.54. The molecule has 0 amide bonds. The first-order valence-electron chi connectivity index (χ1n) is 8.85. The first kappa shape index (κ1) is 19.3. The van der Waals surface area contributed by atoms with E-state index in [2.05, 4.69) is 15.1 Å². The van der Waals surface area contributed by atoms with Gasteiger partial charge in [-0.15, -0.1) is 0 Å². The van der Waals surface area contributed by atoms with Crippen LogP contribution in [0.25, 0.3) is 11.5 Å². The van der Waals surface area contributed by atoms with Gasteiger partial charge >= 0.3 is 5.97 Å². The molecule has 11 heteroatoms. The molecule has 1 aliphatic rings. The second kappa shape index (κ2) is 7.41. The van der Waals surface area contributed by atoms with E-state index >= 15 is 0 Å². The van der Waals surface area contributed by atoms with Crippen molar-refractivity contribution in [3.05, 3.63) is 47.7 Å². The van der Waals surface area contributed by atoms with Crippen LogP contribution in [0.4, 0.5) is 0 Å². The number of oxazole rings is 1. The van der Waals surface area contributed by atoms with E-state index in [0.29, 0.717) is 23.7 Å². The van der Waals surface area contributed by atoms with Crippen molar-refractivity contribution >= 4 is 16.0 Å². The number of methoxy groups -OCH3 is 1. The summed E-state index contributed by atoms with van der Waals surface area (Å²) < 4.78 is 43.1. The monoisotopic (exact) mass is 418 g/mol. The van der Waals surface area contributed by atoms with Crippen LogP contribution in [0.2, 0.25) is 0 Å². The molecule has 0 radical (unpaired) electrons. The second-order valence-electron chi connectivity index (χ2n) is 6.54. The van der Waals surface area contributed by atoms with Gasteiger partial charge in [-0.3, -0.25) is 0 Å². The zero-order valence-corrected chi connectivity index (χ0v) is 16.5. The van der Waals surface area contributed by atoms with E-state index in [1.165, 1.54) is 4.31 Å². The Morgan fingerprint density at radius 3 is 2.66 bits per heavy atom. The topological polar surface area (TPSA) is 129 Å². The predicted octanol–water partition coefficient (Wildman–Crippen LogP) is 2.00. The summed E-state index contributed by atoms with van der Waals surface area (Å²) in [4.78, 5) is 20.4. The molecule has 1 fully saturated rings. The fraction of sp³-hybridized carbons (Fsp3) is 0.333. The van der Waals surface area contributed by atoms with Gasteiger partial charge in [0.05, 0.1) is 13.0 Å². The van der Waals surface area contributed by atoms with Gasteiger partial charge < -0.3 is 13.7 Å². The number of hydrogen-bond donors (Lipinski definition) is 0. The maximum Gasteiger partial charge on any atom is 0.361 e. The molecular weight excluding hydrogens is 400 g/mol. The van der Waals surface area contributed by atoms with E-state index in [0.717, 1.165) is 7.11 Å². The number of benzene rings is 1. The molecule has 2 aromatic heterocycles. The van der Waals surface area contributed by atoms with Gasteiger partial charge in [-0.1, -0.05) is 23.4 Å². The van der Waals surface area contributed by atoms with Gasteiger partial charge in [0.25, 0.3) is 15.1 Å². The number of carbonyl (C=O) groups excluding carboxylic acids is 1. The lowest BCUT2D eigenvalue weighted by Crippen LogP contribution is -2.29. The van der Waals surface area contributed by atoms with E-state index < -0.39 is 21.1 Å². The van der Waals surface area contributed by atoms with Crippen LogP contribution in [0.3, 0.4) is 0 Å². The number of carbonyl (C=O) groups is 1. The van der Waals surface area contributed by atoms with Crippen LogP contribution in [-0.4, -0.2) is 54.0 Å². The summed E-state index contributed by atoms with van der Waals surface area (Å²) in [6, 6.07) is 8.71. The molecule has 152 valence electrons. The van der Waals surface area contributed by atoms with Crippen molar-refractivity contribution in [2.24, 2.45) is 0 Å². The molecule has 4 rings (SSSR count). The maximum absolute atomic E-state index is 13.2. The third-order valence-corrected chi connectivity index (χ3v) is 6.37. The van der Waals surface area contributed by atoms with E-state index in [9.17, 15) is 13.2 Å². The summed E-state index contributed by atoms with van der Waals surface area (Å²) in [5, 5.41) is 3.21. The number of ether oxygens (including phenoxy) is 1. The van der Waals surface area contributed by atoms with Crippen molar-refractivity contribution in [3.8, 4) is 11.5 Å². The lowest BCUT2D eigenvalue weighted by molar-refractivity contribution is 0.0587. The lowest BCUT2D eigenvalue weighted by atomic mass is 10.1. The van der Waals surface area contributed by atoms with Crippen molar-refractivity contribution in [1.82, 2.24) is 19.4 Å². The average Bonchev–Trinajstić information content (AvgIpc) is 3.47.